The number of rotatable bonds is 5. The molecule has 2 N–H and O–H groups in total. The van der Waals surface area contributed by atoms with E-state index in [0.717, 1.165) is 39.8 Å². The summed E-state index contributed by atoms with van der Waals surface area (Å²) in [6.45, 7) is 2.72. The fourth-order valence-corrected chi connectivity index (χ4v) is 3.06. The molecule has 0 unspecified atom stereocenters. The lowest BCUT2D eigenvalue weighted by atomic mass is 10.2. The Hall–Kier alpha value is -3.35. The molecule has 132 valence electrons. The standard InChI is InChI=1S/C19H19N5O2/c1-3-8-24-17-10-15-14(9-16(17)23-19(24)25)18(21-11-20-15)22-12-4-6-13(26-2)7-5-12/h4-7,9-11H,3,8H2,1-2H3,(H,23,25)(H,20,21,22). The van der Waals surface area contributed by atoms with Crippen molar-refractivity contribution in [1.82, 2.24) is 19.5 Å². The molecule has 0 spiro atoms. The molecule has 0 aliphatic carbocycles. The van der Waals surface area contributed by atoms with Gasteiger partial charge in [0.15, 0.2) is 0 Å². The third kappa shape index (κ3) is 2.77. The van der Waals surface area contributed by atoms with Gasteiger partial charge in [0.1, 0.15) is 17.9 Å². The van der Waals surface area contributed by atoms with Crippen molar-refractivity contribution in [1.29, 1.82) is 0 Å². The predicted molar refractivity (Wildman–Crippen MR) is 102 cm³/mol. The van der Waals surface area contributed by atoms with E-state index in [2.05, 4.69) is 20.3 Å². The minimum Gasteiger partial charge on any atom is -0.497 e. The van der Waals surface area contributed by atoms with Crippen LogP contribution in [-0.2, 0) is 6.54 Å². The lowest BCUT2D eigenvalue weighted by Gasteiger charge is -2.09. The summed E-state index contributed by atoms with van der Waals surface area (Å²) in [6.07, 6.45) is 2.41. The Kier molecular flexibility index (Phi) is 4.04. The molecule has 26 heavy (non-hydrogen) atoms. The first-order valence-corrected chi connectivity index (χ1v) is 8.48. The molecule has 0 bridgehead atoms. The monoisotopic (exact) mass is 349 g/mol. The van der Waals surface area contributed by atoms with Gasteiger partial charge in [-0.1, -0.05) is 6.92 Å². The van der Waals surface area contributed by atoms with Crippen LogP contribution in [0.15, 0.2) is 47.5 Å². The molecule has 0 aliphatic heterocycles. The topological polar surface area (TPSA) is 84.8 Å². The molecular weight excluding hydrogens is 330 g/mol. The summed E-state index contributed by atoms with van der Waals surface area (Å²) >= 11 is 0. The van der Waals surface area contributed by atoms with E-state index >= 15 is 0 Å². The smallest absolute Gasteiger partial charge is 0.326 e. The summed E-state index contributed by atoms with van der Waals surface area (Å²) in [5.74, 6) is 1.48. The first kappa shape index (κ1) is 16.1. The van der Waals surface area contributed by atoms with Crippen LogP contribution in [0.4, 0.5) is 11.5 Å². The van der Waals surface area contributed by atoms with E-state index in [1.807, 2.05) is 43.3 Å². The number of aryl methyl sites for hydroxylation is 1. The Labute approximate surface area is 149 Å². The second kappa shape index (κ2) is 6.51. The number of aromatic nitrogens is 4. The molecule has 0 saturated heterocycles. The van der Waals surface area contributed by atoms with Crippen LogP contribution in [-0.4, -0.2) is 26.6 Å². The number of ether oxygens (including phenoxy) is 1. The molecule has 4 rings (SSSR count). The van der Waals surface area contributed by atoms with Gasteiger partial charge < -0.3 is 15.0 Å². The van der Waals surface area contributed by atoms with Gasteiger partial charge in [0.25, 0.3) is 0 Å². The number of methoxy groups -OCH3 is 1. The number of anilines is 2. The third-order valence-corrected chi connectivity index (χ3v) is 4.33. The third-order valence-electron chi connectivity index (χ3n) is 4.33. The van der Waals surface area contributed by atoms with E-state index in [1.54, 1.807) is 11.7 Å². The quantitative estimate of drug-likeness (QED) is 0.576. The van der Waals surface area contributed by atoms with Crippen molar-refractivity contribution in [2.75, 3.05) is 12.4 Å². The fourth-order valence-electron chi connectivity index (χ4n) is 3.06. The van der Waals surface area contributed by atoms with Gasteiger partial charge in [0, 0.05) is 17.6 Å². The van der Waals surface area contributed by atoms with Crippen LogP contribution >= 0.6 is 0 Å². The number of H-pyrrole nitrogens is 1. The number of fused-ring (bicyclic) bond motifs is 2. The summed E-state index contributed by atoms with van der Waals surface area (Å²) in [4.78, 5) is 23.8. The van der Waals surface area contributed by atoms with Gasteiger partial charge in [0.05, 0.1) is 23.7 Å². The Bertz CT molecular complexity index is 1130. The van der Waals surface area contributed by atoms with Crippen molar-refractivity contribution in [2.45, 2.75) is 19.9 Å². The molecule has 0 atom stereocenters. The molecule has 0 radical (unpaired) electrons. The van der Waals surface area contributed by atoms with Gasteiger partial charge in [-0.3, -0.25) is 4.57 Å². The number of imidazole rings is 1. The molecule has 0 aliphatic rings. The second-order valence-electron chi connectivity index (χ2n) is 6.04. The molecule has 4 aromatic rings. The summed E-state index contributed by atoms with van der Waals surface area (Å²) < 4.78 is 6.93. The number of hydrogen-bond acceptors (Lipinski definition) is 5. The normalized spacial score (nSPS) is 11.2. The van der Waals surface area contributed by atoms with Crippen LogP contribution in [0.2, 0.25) is 0 Å². The van der Waals surface area contributed by atoms with Crippen molar-refractivity contribution in [3.05, 3.63) is 53.2 Å². The number of nitrogens with one attached hydrogen (secondary N) is 2. The molecule has 2 heterocycles. The number of hydrogen-bond donors (Lipinski definition) is 2. The first-order valence-electron chi connectivity index (χ1n) is 8.48. The van der Waals surface area contributed by atoms with Crippen LogP contribution in [0.3, 0.4) is 0 Å². The van der Waals surface area contributed by atoms with Crippen molar-refractivity contribution in [3.63, 3.8) is 0 Å². The SMILES string of the molecule is CCCn1c(=O)[nH]c2cc3c(Nc4ccc(OC)cc4)ncnc3cc21. The van der Waals surface area contributed by atoms with Crippen molar-refractivity contribution >= 4 is 33.4 Å². The second-order valence-corrected chi connectivity index (χ2v) is 6.04. The lowest BCUT2D eigenvalue weighted by Crippen LogP contribution is -2.16. The maximum Gasteiger partial charge on any atom is 0.326 e. The lowest BCUT2D eigenvalue weighted by molar-refractivity contribution is 0.415. The average Bonchev–Trinajstić information content (AvgIpc) is 2.96. The molecule has 0 saturated carbocycles. The Morgan fingerprint density at radius 3 is 2.73 bits per heavy atom. The highest BCUT2D eigenvalue weighted by molar-refractivity contribution is 5.99. The summed E-state index contributed by atoms with van der Waals surface area (Å²) in [5.41, 5.74) is 3.21. The van der Waals surface area contributed by atoms with Crippen LogP contribution in [0, 0.1) is 0 Å². The Morgan fingerprint density at radius 2 is 2.00 bits per heavy atom. The zero-order chi connectivity index (χ0) is 18.1. The van der Waals surface area contributed by atoms with E-state index < -0.39 is 0 Å². The number of nitrogens with zero attached hydrogens (tertiary/aromatic N) is 3. The van der Waals surface area contributed by atoms with E-state index in [0.29, 0.717) is 12.4 Å². The van der Waals surface area contributed by atoms with E-state index in [9.17, 15) is 4.79 Å². The highest BCUT2D eigenvalue weighted by Gasteiger charge is 2.11. The molecular formula is C19H19N5O2. The van der Waals surface area contributed by atoms with Crippen LogP contribution < -0.4 is 15.7 Å². The number of benzene rings is 2. The molecule has 0 fully saturated rings. The largest absolute Gasteiger partial charge is 0.497 e. The van der Waals surface area contributed by atoms with E-state index in [1.165, 1.54) is 6.33 Å². The Balaban J connectivity index is 1.81. The van der Waals surface area contributed by atoms with Gasteiger partial charge in [-0.05, 0) is 42.8 Å². The minimum absolute atomic E-state index is 0.102. The molecule has 2 aromatic carbocycles. The first-order chi connectivity index (χ1) is 12.7. The van der Waals surface area contributed by atoms with Crippen molar-refractivity contribution in [3.8, 4) is 5.75 Å². The maximum atomic E-state index is 12.2. The van der Waals surface area contributed by atoms with Crippen LogP contribution in [0.1, 0.15) is 13.3 Å². The fraction of sp³-hybridized carbons (Fsp3) is 0.211. The molecule has 7 nitrogen and oxygen atoms in total. The zero-order valence-electron chi connectivity index (χ0n) is 14.6. The number of aromatic amines is 1. The van der Waals surface area contributed by atoms with Crippen molar-refractivity contribution in [2.24, 2.45) is 0 Å². The van der Waals surface area contributed by atoms with Gasteiger partial charge in [0.2, 0.25) is 0 Å². The highest BCUT2D eigenvalue weighted by atomic mass is 16.5. The molecule has 0 amide bonds. The average molecular weight is 349 g/mol. The molecule has 7 heteroatoms. The predicted octanol–water partition coefficient (Wildman–Crippen LogP) is 3.44. The summed E-state index contributed by atoms with van der Waals surface area (Å²) in [7, 11) is 1.64. The maximum absolute atomic E-state index is 12.2. The van der Waals surface area contributed by atoms with Crippen molar-refractivity contribution < 1.29 is 4.74 Å². The van der Waals surface area contributed by atoms with Gasteiger partial charge in [-0.2, -0.15) is 0 Å². The van der Waals surface area contributed by atoms with Gasteiger partial charge >= 0.3 is 5.69 Å². The highest BCUT2D eigenvalue weighted by Crippen LogP contribution is 2.27. The summed E-state index contributed by atoms with van der Waals surface area (Å²) in [6, 6.07) is 11.5. The van der Waals surface area contributed by atoms with E-state index in [4.69, 9.17) is 4.74 Å². The Morgan fingerprint density at radius 1 is 1.19 bits per heavy atom. The molecule has 2 aromatic heterocycles. The summed E-state index contributed by atoms with van der Waals surface area (Å²) in [5, 5.41) is 4.15. The zero-order valence-corrected chi connectivity index (χ0v) is 14.6. The minimum atomic E-state index is -0.102. The van der Waals surface area contributed by atoms with Gasteiger partial charge in [-0.15, -0.1) is 0 Å². The van der Waals surface area contributed by atoms with E-state index in [-0.39, 0.29) is 5.69 Å². The van der Waals surface area contributed by atoms with Crippen LogP contribution in [0.5, 0.6) is 5.75 Å². The van der Waals surface area contributed by atoms with Crippen LogP contribution in [0.25, 0.3) is 21.9 Å². The van der Waals surface area contributed by atoms with Gasteiger partial charge in [-0.25, -0.2) is 14.8 Å².